The van der Waals surface area contributed by atoms with Crippen LogP contribution in [-0.4, -0.2) is 49.7 Å². The van der Waals surface area contributed by atoms with Crippen molar-refractivity contribution in [1.82, 2.24) is 14.2 Å². The topological polar surface area (TPSA) is 74.6 Å². The van der Waals surface area contributed by atoms with Gasteiger partial charge in [0.05, 0.1) is 11.5 Å². The van der Waals surface area contributed by atoms with Crippen LogP contribution in [-0.2, 0) is 23.7 Å². The molecule has 1 unspecified atom stereocenters. The van der Waals surface area contributed by atoms with Gasteiger partial charge in [-0.15, -0.1) is 0 Å². The highest BCUT2D eigenvalue weighted by Gasteiger charge is 2.19. The maximum Gasteiger partial charge on any atom is 0.242 e. The van der Waals surface area contributed by atoms with E-state index in [1.54, 1.807) is 11.6 Å². The van der Waals surface area contributed by atoms with Crippen molar-refractivity contribution in [3.63, 3.8) is 0 Å². The van der Waals surface area contributed by atoms with Gasteiger partial charge in [-0.3, -0.25) is 0 Å². The maximum atomic E-state index is 12.1. The Morgan fingerprint density at radius 2 is 2.11 bits per heavy atom. The van der Waals surface area contributed by atoms with Gasteiger partial charge < -0.3 is 14.6 Å². The second-order valence-corrected chi connectivity index (χ2v) is 6.76. The molecule has 7 heteroatoms. The minimum Gasteiger partial charge on any atom is -0.390 e. The molecule has 0 saturated carbocycles. The summed E-state index contributed by atoms with van der Waals surface area (Å²) in [4.78, 5) is 2.20. The fourth-order valence-corrected chi connectivity index (χ4v) is 3.10. The summed E-state index contributed by atoms with van der Waals surface area (Å²) in [5, 5.41) is 9.08. The Hall–Kier alpha value is -0.890. The average Bonchev–Trinajstić information content (AvgIpc) is 2.68. The van der Waals surface area contributed by atoms with E-state index in [1.807, 2.05) is 25.9 Å². The first kappa shape index (κ1) is 16.2. The average molecular weight is 289 g/mol. The van der Waals surface area contributed by atoms with E-state index in [2.05, 4.69) is 4.72 Å². The Kier molecular flexibility index (Phi) is 5.54. The van der Waals surface area contributed by atoms with E-state index in [9.17, 15) is 8.42 Å². The molecule has 0 spiro atoms. The number of aliphatic hydroxyl groups is 1. The van der Waals surface area contributed by atoms with E-state index < -0.39 is 10.0 Å². The third-order valence-corrected chi connectivity index (χ3v) is 4.48. The zero-order valence-electron chi connectivity index (χ0n) is 11.9. The molecule has 1 aromatic heterocycles. The van der Waals surface area contributed by atoms with Crippen LogP contribution in [0.1, 0.15) is 19.0 Å². The summed E-state index contributed by atoms with van der Waals surface area (Å²) < 4.78 is 28.6. The van der Waals surface area contributed by atoms with Crippen LogP contribution in [0.15, 0.2) is 17.2 Å². The Morgan fingerprint density at radius 1 is 1.47 bits per heavy atom. The van der Waals surface area contributed by atoms with Crippen molar-refractivity contribution in [2.45, 2.75) is 30.9 Å². The molecule has 0 fully saturated rings. The number of aliphatic hydroxyl groups excluding tert-OH is 1. The van der Waals surface area contributed by atoms with Gasteiger partial charge in [0, 0.05) is 25.0 Å². The molecule has 0 aliphatic rings. The van der Waals surface area contributed by atoms with E-state index >= 15 is 0 Å². The van der Waals surface area contributed by atoms with Crippen LogP contribution >= 0.6 is 0 Å². The summed E-state index contributed by atoms with van der Waals surface area (Å²) in [6, 6.07) is 1.35. The zero-order chi connectivity index (χ0) is 14.6. The summed E-state index contributed by atoms with van der Waals surface area (Å²) in [7, 11) is 2.09. The molecule has 1 rings (SSSR count). The summed E-state index contributed by atoms with van der Waals surface area (Å²) >= 11 is 0. The predicted octanol–water partition coefficient (Wildman–Crippen LogP) is 0.136. The van der Waals surface area contributed by atoms with E-state index in [0.29, 0.717) is 5.69 Å². The Labute approximate surface area is 115 Å². The van der Waals surface area contributed by atoms with Gasteiger partial charge >= 0.3 is 0 Å². The summed E-state index contributed by atoms with van der Waals surface area (Å²) in [6.45, 7) is 2.49. The van der Waals surface area contributed by atoms with Crippen LogP contribution in [0.25, 0.3) is 0 Å². The fourth-order valence-electron chi connectivity index (χ4n) is 1.72. The van der Waals surface area contributed by atoms with E-state index in [0.717, 1.165) is 13.0 Å². The minimum atomic E-state index is -3.52. The van der Waals surface area contributed by atoms with Gasteiger partial charge in [0.2, 0.25) is 10.0 Å². The standard InChI is InChI=1S/C12H23N3O3S/c1-10(5-6-14(2)3)13-19(17,18)12-7-11(9-16)15(4)8-12/h7-8,10,13,16H,5-6,9H2,1-4H3. The SMILES string of the molecule is CC(CCN(C)C)NS(=O)(=O)c1cc(CO)n(C)c1. The van der Waals surface area contributed by atoms with E-state index in [4.69, 9.17) is 5.11 Å². The van der Waals surface area contributed by atoms with Crippen molar-refractivity contribution < 1.29 is 13.5 Å². The molecule has 2 N–H and O–H groups in total. The third kappa shape index (κ3) is 4.61. The highest BCUT2D eigenvalue weighted by Crippen LogP contribution is 2.14. The van der Waals surface area contributed by atoms with Gasteiger partial charge in [0.15, 0.2) is 0 Å². The highest BCUT2D eigenvalue weighted by atomic mass is 32.2. The fraction of sp³-hybridized carbons (Fsp3) is 0.667. The lowest BCUT2D eigenvalue weighted by Gasteiger charge is -2.16. The summed E-state index contributed by atoms with van der Waals surface area (Å²) in [5.41, 5.74) is 0.571. The lowest BCUT2D eigenvalue weighted by Crippen LogP contribution is -2.34. The molecular formula is C12H23N3O3S. The Balaban J connectivity index is 2.74. The number of aromatic nitrogens is 1. The molecule has 0 aromatic carbocycles. The zero-order valence-corrected chi connectivity index (χ0v) is 12.7. The van der Waals surface area contributed by atoms with Gasteiger partial charge in [0.1, 0.15) is 0 Å². The number of aryl methyl sites for hydroxylation is 1. The van der Waals surface area contributed by atoms with Crippen LogP contribution in [0, 0.1) is 0 Å². The van der Waals surface area contributed by atoms with E-state index in [-0.39, 0.29) is 17.5 Å². The molecular weight excluding hydrogens is 266 g/mol. The number of hydrogen-bond acceptors (Lipinski definition) is 4. The molecule has 0 aliphatic heterocycles. The molecule has 0 aliphatic carbocycles. The molecule has 19 heavy (non-hydrogen) atoms. The number of nitrogens with zero attached hydrogens (tertiary/aromatic N) is 2. The van der Waals surface area contributed by atoms with Crippen LogP contribution in [0.5, 0.6) is 0 Å². The predicted molar refractivity (Wildman–Crippen MR) is 74.3 cm³/mol. The van der Waals surface area contributed by atoms with Crippen LogP contribution in [0.2, 0.25) is 0 Å². The first-order valence-electron chi connectivity index (χ1n) is 6.19. The van der Waals surface area contributed by atoms with Crippen molar-refractivity contribution in [3.8, 4) is 0 Å². The van der Waals surface area contributed by atoms with Gasteiger partial charge in [0.25, 0.3) is 0 Å². The number of rotatable bonds is 7. The second kappa shape index (κ2) is 6.51. The van der Waals surface area contributed by atoms with Crippen LogP contribution in [0.3, 0.4) is 0 Å². The van der Waals surface area contributed by atoms with Gasteiger partial charge in [-0.25, -0.2) is 13.1 Å². The van der Waals surface area contributed by atoms with Crippen molar-refractivity contribution in [2.75, 3.05) is 20.6 Å². The molecule has 0 radical (unpaired) electrons. The molecule has 0 saturated heterocycles. The number of sulfonamides is 1. The lowest BCUT2D eigenvalue weighted by atomic mass is 10.2. The first-order valence-corrected chi connectivity index (χ1v) is 7.67. The normalized spacial score (nSPS) is 14.0. The van der Waals surface area contributed by atoms with Crippen molar-refractivity contribution in [1.29, 1.82) is 0 Å². The molecule has 0 bridgehead atoms. The lowest BCUT2D eigenvalue weighted by molar-refractivity contribution is 0.272. The van der Waals surface area contributed by atoms with Crippen LogP contribution in [0.4, 0.5) is 0 Å². The largest absolute Gasteiger partial charge is 0.390 e. The number of hydrogen-bond donors (Lipinski definition) is 2. The molecule has 110 valence electrons. The Morgan fingerprint density at radius 3 is 2.58 bits per heavy atom. The molecule has 1 atom stereocenters. The van der Waals surface area contributed by atoms with Crippen molar-refractivity contribution >= 4 is 10.0 Å². The summed E-state index contributed by atoms with van der Waals surface area (Å²) in [5.74, 6) is 0. The third-order valence-electron chi connectivity index (χ3n) is 2.92. The maximum absolute atomic E-state index is 12.1. The number of nitrogens with one attached hydrogen (secondary N) is 1. The van der Waals surface area contributed by atoms with Crippen molar-refractivity contribution in [2.24, 2.45) is 7.05 Å². The first-order chi connectivity index (χ1) is 8.76. The smallest absolute Gasteiger partial charge is 0.242 e. The summed E-state index contributed by atoms with van der Waals surface area (Å²) in [6.07, 6.45) is 2.25. The molecule has 0 amide bonds. The Bertz CT molecular complexity index is 508. The van der Waals surface area contributed by atoms with Gasteiger partial charge in [-0.1, -0.05) is 0 Å². The van der Waals surface area contributed by atoms with E-state index in [1.165, 1.54) is 12.3 Å². The monoisotopic (exact) mass is 289 g/mol. The highest BCUT2D eigenvalue weighted by molar-refractivity contribution is 7.89. The van der Waals surface area contributed by atoms with Crippen LogP contribution < -0.4 is 4.72 Å². The second-order valence-electron chi connectivity index (χ2n) is 5.05. The van der Waals surface area contributed by atoms with Gasteiger partial charge in [-0.05, 0) is 40.1 Å². The molecule has 6 nitrogen and oxygen atoms in total. The minimum absolute atomic E-state index is 0.134. The van der Waals surface area contributed by atoms with Gasteiger partial charge in [-0.2, -0.15) is 0 Å². The van der Waals surface area contributed by atoms with Crippen molar-refractivity contribution in [3.05, 3.63) is 18.0 Å². The molecule has 1 heterocycles. The quantitative estimate of drug-likeness (QED) is 0.748. The molecule has 1 aromatic rings.